The van der Waals surface area contributed by atoms with Gasteiger partial charge in [-0.05, 0) is 56.3 Å². The molecule has 18 heavy (non-hydrogen) atoms. The molecule has 3 aliphatic carbocycles. The van der Waals surface area contributed by atoms with E-state index in [1.807, 2.05) is 0 Å². The van der Waals surface area contributed by atoms with Gasteiger partial charge in [0.2, 0.25) is 0 Å². The van der Waals surface area contributed by atoms with Crippen LogP contribution in [0.4, 0.5) is 0 Å². The van der Waals surface area contributed by atoms with E-state index in [0.717, 1.165) is 29.8 Å². The Morgan fingerprint density at radius 2 is 1.50 bits per heavy atom. The molecule has 0 amide bonds. The lowest BCUT2D eigenvalue weighted by Gasteiger charge is -2.48. The quantitative estimate of drug-likeness (QED) is 0.821. The Morgan fingerprint density at radius 3 is 2.00 bits per heavy atom. The Morgan fingerprint density at radius 1 is 0.944 bits per heavy atom. The van der Waals surface area contributed by atoms with Gasteiger partial charge < -0.3 is 11.1 Å². The normalized spacial score (nSPS) is 46.3. The molecule has 2 atom stereocenters. The van der Waals surface area contributed by atoms with Crippen LogP contribution in [0.25, 0.3) is 0 Å². The van der Waals surface area contributed by atoms with Gasteiger partial charge in [-0.25, -0.2) is 0 Å². The van der Waals surface area contributed by atoms with Crippen molar-refractivity contribution in [3.8, 4) is 0 Å². The van der Waals surface area contributed by atoms with E-state index in [9.17, 15) is 0 Å². The predicted molar refractivity (Wildman–Crippen MR) is 81.6 cm³/mol. The molecular weight excluding hydrogens is 267 g/mol. The van der Waals surface area contributed by atoms with Crippen molar-refractivity contribution in [1.82, 2.24) is 5.32 Å². The highest BCUT2D eigenvalue weighted by molar-refractivity contribution is 5.85. The van der Waals surface area contributed by atoms with Crippen molar-refractivity contribution in [3.63, 3.8) is 0 Å². The molecule has 0 radical (unpaired) electrons. The first kappa shape index (κ1) is 16.6. The number of halogens is 2. The molecule has 3 saturated carbocycles. The Bertz CT molecular complexity index is 242. The maximum Gasteiger partial charge on any atom is 0.0127 e. The van der Waals surface area contributed by atoms with Crippen molar-refractivity contribution in [3.05, 3.63) is 0 Å². The second kappa shape index (κ2) is 6.78. The molecule has 2 bridgehead atoms. The van der Waals surface area contributed by atoms with Crippen molar-refractivity contribution in [2.75, 3.05) is 0 Å². The fraction of sp³-hybridized carbons (Fsp3) is 1.00. The van der Waals surface area contributed by atoms with E-state index < -0.39 is 0 Å². The number of hydrogen-bond donors (Lipinski definition) is 2. The van der Waals surface area contributed by atoms with Crippen LogP contribution in [0.3, 0.4) is 0 Å². The maximum absolute atomic E-state index is 6.16. The lowest BCUT2D eigenvalue weighted by Crippen LogP contribution is -2.57. The first-order valence-corrected chi connectivity index (χ1v) is 7.24. The summed E-state index contributed by atoms with van der Waals surface area (Å²) in [7, 11) is 0. The minimum absolute atomic E-state index is 0. The van der Waals surface area contributed by atoms with Crippen LogP contribution in [-0.2, 0) is 0 Å². The van der Waals surface area contributed by atoms with Crippen molar-refractivity contribution in [1.29, 1.82) is 0 Å². The molecule has 0 heterocycles. The molecule has 0 aliphatic heterocycles. The van der Waals surface area contributed by atoms with Gasteiger partial charge in [-0.3, -0.25) is 0 Å². The Hall–Kier alpha value is 0.500. The summed E-state index contributed by atoms with van der Waals surface area (Å²) in [5.41, 5.74) is 6.16. The van der Waals surface area contributed by atoms with Gasteiger partial charge in [0, 0.05) is 18.1 Å². The minimum Gasteiger partial charge on any atom is -0.328 e. The van der Waals surface area contributed by atoms with Crippen molar-refractivity contribution < 1.29 is 0 Å². The van der Waals surface area contributed by atoms with Crippen molar-refractivity contribution in [2.45, 2.75) is 70.0 Å². The van der Waals surface area contributed by atoms with Crippen molar-refractivity contribution >= 4 is 24.8 Å². The summed E-state index contributed by atoms with van der Waals surface area (Å²) < 4.78 is 0. The second-order valence-electron chi connectivity index (χ2n) is 6.65. The van der Waals surface area contributed by atoms with Gasteiger partial charge in [0.05, 0.1) is 0 Å². The molecule has 0 spiro atoms. The van der Waals surface area contributed by atoms with Crippen molar-refractivity contribution in [2.24, 2.45) is 23.5 Å². The smallest absolute Gasteiger partial charge is 0.0127 e. The maximum atomic E-state index is 6.16. The Kier molecular flexibility index (Phi) is 6.24. The van der Waals surface area contributed by atoms with Gasteiger partial charge in [0.15, 0.2) is 0 Å². The zero-order valence-electron chi connectivity index (χ0n) is 11.3. The lowest BCUT2D eigenvalue weighted by molar-refractivity contribution is 0.0793. The summed E-state index contributed by atoms with van der Waals surface area (Å²) in [6, 6.07) is 2.14. The van der Waals surface area contributed by atoms with Gasteiger partial charge >= 0.3 is 0 Å². The van der Waals surface area contributed by atoms with E-state index in [1.54, 1.807) is 0 Å². The van der Waals surface area contributed by atoms with Crippen LogP contribution < -0.4 is 11.1 Å². The summed E-state index contributed by atoms with van der Waals surface area (Å²) in [5.74, 6) is 2.74. The largest absolute Gasteiger partial charge is 0.328 e. The van der Waals surface area contributed by atoms with Crippen LogP contribution in [0.15, 0.2) is 0 Å². The topological polar surface area (TPSA) is 38.0 Å². The van der Waals surface area contributed by atoms with E-state index >= 15 is 0 Å². The highest BCUT2D eigenvalue weighted by Gasteiger charge is 2.41. The lowest BCUT2D eigenvalue weighted by atomic mass is 9.66. The van der Waals surface area contributed by atoms with E-state index in [4.69, 9.17) is 5.73 Å². The van der Waals surface area contributed by atoms with E-state index in [1.165, 1.54) is 44.9 Å². The third-order valence-electron chi connectivity index (χ3n) is 5.18. The molecule has 0 saturated heterocycles. The number of hydrogen-bond acceptors (Lipinski definition) is 2. The standard InChI is InChI=1S/C14H26N2.2ClH/c1-9-5-13(6-9)16-14-10-3-2-4-11(14)8-12(15)7-10;;/h9-14,16H,2-8,15H2,1H3;2*1H. The predicted octanol–water partition coefficient (Wildman–Crippen LogP) is 3.12. The van der Waals surface area contributed by atoms with Crippen LogP contribution in [0.5, 0.6) is 0 Å². The molecule has 3 fully saturated rings. The first-order chi connectivity index (χ1) is 7.72. The molecule has 0 aromatic rings. The summed E-state index contributed by atoms with van der Waals surface area (Å²) in [6.07, 6.45) is 9.65. The fourth-order valence-electron chi connectivity index (χ4n) is 4.37. The highest BCUT2D eigenvalue weighted by Crippen LogP contribution is 2.41. The number of nitrogens with two attached hydrogens (primary N) is 1. The van der Waals surface area contributed by atoms with Gasteiger partial charge in [-0.15, -0.1) is 24.8 Å². The first-order valence-electron chi connectivity index (χ1n) is 7.24. The molecule has 4 heteroatoms. The summed E-state index contributed by atoms with van der Waals surface area (Å²) >= 11 is 0. The number of rotatable bonds is 2. The second-order valence-corrected chi connectivity index (χ2v) is 6.65. The Balaban J connectivity index is 0.000000810. The van der Waals surface area contributed by atoms with Crippen LogP contribution in [0.2, 0.25) is 0 Å². The zero-order valence-corrected chi connectivity index (χ0v) is 12.9. The summed E-state index contributed by atoms with van der Waals surface area (Å²) in [4.78, 5) is 0. The molecule has 0 aromatic heterocycles. The summed E-state index contributed by atoms with van der Waals surface area (Å²) in [6.45, 7) is 2.37. The third-order valence-corrected chi connectivity index (χ3v) is 5.18. The monoisotopic (exact) mass is 294 g/mol. The van der Waals surface area contributed by atoms with Gasteiger partial charge in [-0.1, -0.05) is 13.3 Å². The molecule has 2 nitrogen and oxygen atoms in total. The SMILES string of the molecule is CC1CC(NC2C3CCCC2CC(N)C3)C1.Cl.Cl. The zero-order chi connectivity index (χ0) is 11.1. The Labute approximate surface area is 124 Å². The van der Waals surface area contributed by atoms with Gasteiger partial charge in [0.25, 0.3) is 0 Å². The fourth-order valence-corrected chi connectivity index (χ4v) is 4.37. The molecule has 3 rings (SSSR count). The van der Waals surface area contributed by atoms with Gasteiger partial charge in [0.1, 0.15) is 0 Å². The highest BCUT2D eigenvalue weighted by atomic mass is 35.5. The summed E-state index contributed by atoms with van der Waals surface area (Å²) in [5, 5.41) is 3.95. The third kappa shape index (κ3) is 3.33. The molecule has 108 valence electrons. The molecule has 0 aromatic carbocycles. The average molecular weight is 295 g/mol. The van der Waals surface area contributed by atoms with Crippen LogP contribution in [0, 0.1) is 17.8 Å². The van der Waals surface area contributed by atoms with Gasteiger partial charge in [-0.2, -0.15) is 0 Å². The molecule has 3 aliphatic rings. The number of fused-ring (bicyclic) bond motifs is 2. The minimum atomic E-state index is 0. The molecular formula is C14H28Cl2N2. The van der Waals surface area contributed by atoms with E-state index in [0.29, 0.717) is 6.04 Å². The number of nitrogens with one attached hydrogen (secondary N) is 1. The average Bonchev–Trinajstić information content (AvgIpc) is 2.16. The van der Waals surface area contributed by atoms with Crippen LogP contribution in [0.1, 0.15) is 51.9 Å². The molecule has 2 unspecified atom stereocenters. The van der Waals surface area contributed by atoms with Crippen LogP contribution in [-0.4, -0.2) is 18.1 Å². The molecule has 3 N–H and O–H groups in total. The van der Waals surface area contributed by atoms with E-state index in [2.05, 4.69) is 12.2 Å². The van der Waals surface area contributed by atoms with Crippen LogP contribution >= 0.6 is 24.8 Å². The van der Waals surface area contributed by atoms with E-state index in [-0.39, 0.29) is 24.8 Å².